The van der Waals surface area contributed by atoms with Crippen LogP contribution in [0.1, 0.15) is 33.1 Å². The second-order valence-electron chi connectivity index (χ2n) is 5.95. The number of nitrogens with one attached hydrogen (secondary N) is 1. The van der Waals surface area contributed by atoms with Crippen LogP contribution >= 0.6 is 0 Å². The highest BCUT2D eigenvalue weighted by atomic mass is 16.5. The van der Waals surface area contributed by atoms with Crippen molar-refractivity contribution in [3.8, 4) is 0 Å². The first-order valence-corrected chi connectivity index (χ1v) is 6.84. The number of morpholine rings is 1. The first-order valence-electron chi connectivity index (χ1n) is 6.84. The fourth-order valence-corrected chi connectivity index (χ4v) is 3.08. The standard InChI is InChI=1S/C13H26N2O2/c1-13(2)10-15(8-12(9-16)17-13)11-4-3-6-14-7-5-11/h11-12,14,16H,3-10H2,1-2H3. The molecule has 4 nitrogen and oxygen atoms in total. The SMILES string of the molecule is CC1(C)CN(C2CCCNCC2)CC(CO)O1. The first kappa shape index (κ1) is 13.3. The predicted molar refractivity (Wildman–Crippen MR) is 68.1 cm³/mol. The van der Waals surface area contributed by atoms with Crippen LogP contribution < -0.4 is 5.32 Å². The van der Waals surface area contributed by atoms with E-state index in [-0.39, 0.29) is 18.3 Å². The molecule has 2 aliphatic rings. The van der Waals surface area contributed by atoms with Gasteiger partial charge in [-0.15, -0.1) is 0 Å². The van der Waals surface area contributed by atoms with Crippen LogP contribution in [0.4, 0.5) is 0 Å². The summed E-state index contributed by atoms with van der Waals surface area (Å²) in [5.74, 6) is 0. The van der Waals surface area contributed by atoms with Gasteiger partial charge < -0.3 is 15.2 Å². The van der Waals surface area contributed by atoms with Crippen molar-refractivity contribution < 1.29 is 9.84 Å². The van der Waals surface area contributed by atoms with E-state index in [9.17, 15) is 5.11 Å². The predicted octanol–water partition coefficient (Wildman–Crippen LogP) is 0.600. The molecule has 0 aliphatic carbocycles. The molecule has 4 heteroatoms. The average molecular weight is 242 g/mol. The van der Waals surface area contributed by atoms with Gasteiger partial charge in [-0.25, -0.2) is 0 Å². The zero-order chi connectivity index (χ0) is 12.3. The van der Waals surface area contributed by atoms with Gasteiger partial charge in [0.25, 0.3) is 0 Å². The normalized spacial score (nSPS) is 35.5. The van der Waals surface area contributed by atoms with Gasteiger partial charge in [-0.2, -0.15) is 0 Å². The number of aliphatic hydroxyl groups is 1. The fraction of sp³-hybridized carbons (Fsp3) is 1.00. The molecule has 0 aromatic carbocycles. The van der Waals surface area contributed by atoms with Crippen molar-refractivity contribution in [2.45, 2.75) is 50.9 Å². The van der Waals surface area contributed by atoms with Crippen molar-refractivity contribution in [3.63, 3.8) is 0 Å². The van der Waals surface area contributed by atoms with E-state index in [2.05, 4.69) is 24.1 Å². The number of ether oxygens (including phenoxy) is 1. The van der Waals surface area contributed by atoms with Crippen molar-refractivity contribution >= 4 is 0 Å². The van der Waals surface area contributed by atoms with Crippen molar-refractivity contribution in [3.05, 3.63) is 0 Å². The maximum atomic E-state index is 9.33. The summed E-state index contributed by atoms with van der Waals surface area (Å²) >= 11 is 0. The molecule has 0 radical (unpaired) electrons. The van der Waals surface area contributed by atoms with Crippen LogP contribution in [0.25, 0.3) is 0 Å². The van der Waals surface area contributed by atoms with E-state index < -0.39 is 0 Å². The fourth-order valence-electron chi connectivity index (χ4n) is 3.08. The van der Waals surface area contributed by atoms with Crippen LogP contribution in [0.15, 0.2) is 0 Å². The highest BCUT2D eigenvalue weighted by molar-refractivity contribution is 4.88. The van der Waals surface area contributed by atoms with Gasteiger partial charge in [-0.1, -0.05) is 0 Å². The third kappa shape index (κ3) is 3.65. The van der Waals surface area contributed by atoms with Crippen LogP contribution in [-0.4, -0.2) is 60.5 Å². The molecule has 0 spiro atoms. The van der Waals surface area contributed by atoms with Gasteiger partial charge >= 0.3 is 0 Å². The molecule has 2 atom stereocenters. The largest absolute Gasteiger partial charge is 0.394 e. The molecule has 0 amide bonds. The van der Waals surface area contributed by atoms with Gasteiger partial charge in [0, 0.05) is 19.1 Å². The van der Waals surface area contributed by atoms with E-state index in [0.29, 0.717) is 6.04 Å². The molecule has 2 aliphatic heterocycles. The molecule has 2 heterocycles. The summed E-state index contributed by atoms with van der Waals surface area (Å²) < 4.78 is 5.87. The Kier molecular flexibility index (Phi) is 4.42. The summed E-state index contributed by atoms with van der Waals surface area (Å²) in [5, 5.41) is 12.8. The summed E-state index contributed by atoms with van der Waals surface area (Å²) in [4.78, 5) is 2.53. The quantitative estimate of drug-likeness (QED) is 0.744. The molecule has 0 bridgehead atoms. The van der Waals surface area contributed by atoms with Gasteiger partial charge in [0.2, 0.25) is 0 Å². The summed E-state index contributed by atoms with van der Waals surface area (Å²) in [5.41, 5.74) is -0.134. The molecule has 2 saturated heterocycles. The Morgan fingerprint density at radius 3 is 2.94 bits per heavy atom. The molecular formula is C13H26N2O2. The van der Waals surface area contributed by atoms with Gasteiger partial charge in [0.15, 0.2) is 0 Å². The highest BCUT2D eigenvalue weighted by Gasteiger charge is 2.36. The second-order valence-corrected chi connectivity index (χ2v) is 5.95. The molecule has 2 fully saturated rings. The number of rotatable bonds is 2. The number of nitrogens with zero attached hydrogens (tertiary/aromatic N) is 1. The Hall–Kier alpha value is -0.160. The zero-order valence-corrected chi connectivity index (χ0v) is 11.1. The van der Waals surface area contributed by atoms with E-state index >= 15 is 0 Å². The van der Waals surface area contributed by atoms with Crippen molar-refractivity contribution in [2.24, 2.45) is 0 Å². The lowest BCUT2D eigenvalue weighted by Crippen LogP contribution is -2.56. The molecule has 2 rings (SSSR count). The monoisotopic (exact) mass is 242 g/mol. The molecule has 2 unspecified atom stereocenters. The summed E-state index contributed by atoms with van der Waals surface area (Å²) in [6.07, 6.45) is 3.72. The topological polar surface area (TPSA) is 44.7 Å². The Bertz CT molecular complexity index is 238. The number of hydrogen-bond acceptors (Lipinski definition) is 4. The lowest BCUT2D eigenvalue weighted by atomic mass is 10.00. The third-order valence-corrected chi connectivity index (χ3v) is 3.77. The lowest BCUT2D eigenvalue weighted by molar-refractivity contribution is -0.157. The molecule has 2 N–H and O–H groups in total. The van der Waals surface area contributed by atoms with E-state index in [1.165, 1.54) is 19.3 Å². The highest BCUT2D eigenvalue weighted by Crippen LogP contribution is 2.25. The molecule has 0 saturated carbocycles. The molecule has 100 valence electrons. The van der Waals surface area contributed by atoms with Crippen molar-refractivity contribution in [2.75, 3.05) is 32.8 Å². The van der Waals surface area contributed by atoms with Crippen molar-refractivity contribution in [1.82, 2.24) is 10.2 Å². The summed E-state index contributed by atoms with van der Waals surface area (Å²) in [6.45, 7) is 8.50. The third-order valence-electron chi connectivity index (χ3n) is 3.77. The van der Waals surface area contributed by atoms with Gasteiger partial charge in [-0.3, -0.25) is 4.90 Å². The lowest BCUT2D eigenvalue weighted by Gasteiger charge is -2.45. The van der Waals surface area contributed by atoms with Gasteiger partial charge in [-0.05, 0) is 46.2 Å². The minimum absolute atomic E-state index is 0.0186. The second kappa shape index (κ2) is 5.65. The van der Waals surface area contributed by atoms with Gasteiger partial charge in [0.05, 0.1) is 18.3 Å². The average Bonchev–Trinajstić information content (AvgIpc) is 2.55. The Labute approximate surface area is 104 Å². The molecular weight excluding hydrogens is 216 g/mol. The van der Waals surface area contributed by atoms with E-state index in [4.69, 9.17) is 4.74 Å². The minimum atomic E-state index is -0.134. The molecule has 0 aromatic rings. The maximum absolute atomic E-state index is 9.33. The molecule has 17 heavy (non-hydrogen) atoms. The minimum Gasteiger partial charge on any atom is -0.394 e. The van der Waals surface area contributed by atoms with Crippen LogP contribution in [0.2, 0.25) is 0 Å². The maximum Gasteiger partial charge on any atom is 0.0940 e. The summed E-state index contributed by atoms with van der Waals surface area (Å²) in [6, 6.07) is 0.655. The van der Waals surface area contributed by atoms with Crippen LogP contribution in [0.5, 0.6) is 0 Å². The van der Waals surface area contributed by atoms with Crippen molar-refractivity contribution in [1.29, 1.82) is 0 Å². The Morgan fingerprint density at radius 1 is 1.35 bits per heavy atom. The Morgan fingerprint density at radius 2 is 2.18 bits per heavy atom. The first-order chi connectivity index (χ1) is 8.11. The van der Waals surface area contributed by atoms with Gasteiger partial charge in [0.1, 0.15) is 0 Å². The van der Waals surface area contributed by atoms with E-state index in [1.54, 1.807) is 0 Å². The van der Waals surface area contributed by atoms with E-state index in [0.717, 1.165) is 26.2 Å². The van der Waals surface area contributed by atoms with E-state index in [1.807, 2.05) is 0 Å². The van der Waals surface area contributed by atoms with Crippen LogP contribution in [0.3, 0.4) is 0 Å². The smallest absolute Gasteiger partial charge is 0.0940 e. The van der Waals surface area contributed by atoms with Crippen LogP contribution in [-0.2, 0) is 4.74 Å². The summed E-state index contributed by atoms with van der Waals surface area (Å²) in [7, 11) is 0. The molecule has 0 aromatic heterocycles. The zero-order valence-electron chi connectivity index (χ0n) is 11.1. The van der Waals surface area contributed by atoms with Crippen LogP contribution in [0, 0.1) is 0 Å². The number of hydrogen-bond donors (Lipinski definition) is 2. The number of aliphatic hydroxyl groups excluding tert-OH is 1. The Balaban J connectivity index is 1.98.